The van der Waals surface area contributed by atoms with Crippen LogP contribution in [0.5, 0.6) is 0 Å². The molecule has 2 atom stereocenters. The van der Waals surface area contributed by atoms with Crippen LogP contribution < -0.4 is 5.32 Å². The number of aliphatic carboxylic acids is 1. The van der Waals surface area contributed by atoms with Gasteiger partial charge in [-0.1, -0.05) is 22.0 Å². The molecule has 2 aliphatic rings. The van der Waals surface area contributed by atoms with Crippen LogP contribution in [0.4, 0.5) is 13.2 Å². The van der Waals surface area contributed by atoms with E-state index in [4.69, 9.17) is 9.84 Å². The Bertz CT molecular complexity index is 1220. The quantitative estimate of drug-likeness (QED) is 0.448. The number of nitrogens with one attached hydrogen (secondary N) is 1. The van der Waals surface area contributed by atoms with E-state index in [1.54, 1.807) is 11.6 Å². The van der Waals surface area contributed by atoms with E-state index in [0.29, 0.717) is 20.9 Å². The molecule has 4 rings (SSSR count). The van der Waals surface area contributed by atoms with Crippen molar-refractivity contribution < 1.29 is 32.6 Å². The fourth-order valence-corrected chi connectivity index (χ4v) is 5.55. The number of ether oxygens (including phenoxy) is 1. The second kappa shape index (κ2) is 10.7. The summed E-state index contributed by atoms with van der Waals surface area (Å²) < 4.78 is 48.0. The number of carbonyl (C=O) groups is 2. The molecule has 3 heterocycles. The maximum absolute atomic E-state index is 14.4. The van der Waals surface area contributed by atoms with Gasteiger partial charge in [-0.3, -0.25) is 14.7 Å². The second-order valence-electron chi connectivity index (χ2n) is 8.44. The highest BCUT2D eigenvalue weighted by molar-refractivity contribution is 9.10. The van der Waals surface area contributed by atoms with Crippen molar-refractivity contribution in [3.8, 4) is 0 Å². The highest BCUT2D eigenvalue weighted by Gasteiger charge is 2.46. The number of alkyl halides is 2. The molecule has 2 N–H and O–H groups in total. The van der Waals surface area contributed by atoms with Gasteiger partial charge in [0.25, 0.3) is 5.92 Å². The van der Waals surface area contributed by atoms with Crippen molar-refractivity contribution >= 4 is 45.0 Å². The minimum atomic E-state index is -3.00. The maximum atomic E-state index is 14.4. The van der Waals surface area contributed by atoms with Crippen LogP contribution in [0.25, 0.3) is 0 Å². The number of thiazole rings is 1. The highest BCUT2D eigenvalue weighted by Crippen LogP contribution is 2.39. The number of carboxylic acids is 1. The zero-order valence-corrected chi connectivity index (χ0v) is 21.4. The van der Waals surface area contributed by atoms with Crippen molar-refractivity contribution in [2.75, 3.05) is 20.2 Å². The number of benzene rings is 1. The molecule has 1 saturated heterocycles. The summed E-state index contributed by atoms with van der Waals surface area (Å²) in [6.07, 6.45) is 0.868. The van der Waals surface area contributed by atoms with Gasteiger partial charge in [-0.2, -0.15) is 0 Å². The number of nitrogens with zero attached hydrogens (tertiary/aromatic N) is 3. The number of aromatic nitrogens is 1. The molecule has 8 nitrogen and oxygen atoms in total. The summed E-state index contributed by atoms with van der Waals surface area (Å²) in [5, 5.41) is 14.4. The molecule has 0 saturated carbocycles. The van der Waals surface area contributed by atoms with Crippen molar-refractivity contribution in [2.24, 2.45) is 4.99 Å². The number of hydrogen-bond acceptors (Lipinski definition) is 8. The number of methoxy groups -OCH3 is 1. The van der Waals surface area contributed by atoms with Crippen LogP contribution in [-0.2, 0) is 14.3 Å². The molecule has 2 aliphatic heterocycles. The minimum absolute atomic E-state index is 0.0339. The maximum Gasteiger partial charge on any atom is 0.338 e. The molecule has 0 spiro atoms. The molecule has 1 aromatic carbocycles. The fourth-order valence-electron chi connectivity index (χ4n) is 4.40. The van der Waals surface area contributed by atoms with Gasteiger partial charge in [-0.15, -0.1) is 11.3 Å². The van der Waals surface area contributed by atoms with Crippen LogP contribution >= 0.6 is 27.3 Å². The first kappa shape index (κ1) is 26.3. The summed E-state index contributed by atoms with van der Waals surface area (Å²) in [5.74, 6) is -4.98. The third-order valence-corrected chi connectivity index (χ3v) is 7.43. The van der Waals surface area contributed by atoms with Crippen LogP contribution in [0.15, 0.2) is 50.5 Å². The monoisotopic (exact) mass is 586 g/mol. The molecule has 1 fully saturated rings. The first-order chi connectivity index (χ1) is 17.1. The Morgan fingerprint density at radius 2 is 2.17 bits per heavy atom. The van der Waals surface area contributed by atoms with Gasteiger partial charge >= 0.3 is 11.9 Å². The Morgan fingerprint density at radius 3 is 2.81 bits per heavy atom. The molecule has 2 unspecified atom stereocenters. The normalized spacial score (nSPS) is 21.8. The Labute approximate surface area is 217 Å². The number of likely N-dealkylation sites (tertiary alicyclic amines) is 1. The molecule has 36 heavy (non-hydrogen) atoms. The Hall–Kier alpha value is -2.77. The summed E-state index contributed by atoms with van der Waals surface area (Å²) in [6.45, 7) is -0.699. The molecule has 2 aromatic rings. The number of esters is 1. The van der Waals surface area contributed by atoms with Crippen molar-refractivity contribution in [1.82, 2.24) is 15.2 Å². The number of amidine groups is 1. The Morgan fingerprint density at radius 1 is 1.39 bits per heavy atom. The topological polar surface area (TPSA) is 104 Å². The van der Waals surface area contributed by atoms with Gasteiger partial charge in [0.2, 0.25) is 0 Å². The molecule has 0 amide bonds. The summed E-state index contributed by atoms with van der Waals surface area (Å²) >= 11 is 4.63. The summed E-state index contributed by atoms with van der Waals surface area (Å²) in [7, 11) is 1.20. The van der Waals surface area contributed by atoms with Crippen LogP contribution in [0.2, 0.25) is 0 Å². The van der Waals surface area contributed by atoms with E-state index < -0.39 is 48.7 Å². The van der Waals surface area contributed by atoms with Gasteiger partial charge in [-0.25, -0.2) is 22.9 Å². The molecule has 0 bridgehead atoms. The Kier molecular flexibility index (Phi) is 7.81. The minimum Gasteiger partial charge on any atom is -0.481 e. The Balaban J connectivity index is 1.78. The lowest BCUT2D eigenvalue weighted by molar-refractivity contribution is -0.137. The third kappa shape index (κ3) is 5.79. The summed E-state index contributed by atoms with van der Waals surface area (Å²) in [6, 6.07) is 2.32. The van der Waals surface area contributed by atoms with Crippen LogP contribution in [0, 0.1) is 5.82 Å². The number of carbonyl (C=O) groups excluding carboxylic acids is 1. The SMILES string of the molecule is COC(=O)C1=C(CN2CC(F)(F)CC2CCC(=O)O)NC(c2nccs2)=NC1c1ccc(F)cc1Br. The number of aliphatic imine (C=N–C) groups is 1. The first-order valence-electron chi connectivity index (χ1n) is 10.9. The van der Waals surface area contributed by atoms with Crippen molar-refractivity contribution in [2.45, 2.75) is 37.3 Å². The fraction of sp³-hybridized carbons (Fsp3) is 0.391. The predicted molar refractivity (Wildman–Crippen MR) is 129 cm³/mol. The number of halogens is 4. The van der Waals surface area contributed by atoms with Gasteiger partial charge in [0, 0.05) is 47.2 Å². The lowest BCUT2D eigenvalue weighted by Crippen LogP contribution is -2.41. The highest BCUT2D eigenvalue weighted by atomic mass is 79.9. The zero-order valence-electron chi connectivity index (χ0n) is 19.0. The first-order valence-corrected chi connectivity index (χ1v) is 12.6. The van der Waals surface area contributed by atoms with E-state index in [0.717, 1.165) is 0 Å². The van der Waals surface area contributed by atoms with E-state index in [2.05, 4.69) is 31.2 Å². The van der Waals surface area contributed by atoms with E-state index in [1.165, 1.54) is 41.5 Å². The average Bonchev–Trinajstić information content (AvgIpc) is 3.44. The number of hydrogen-bond donors (Lipinski definition) is 2. The predicted octanol–water partition coefficient (Wildman–Crippen LogP) is 4.14. The molecular weight excluding hydrogens is 565 g/mol. The van der Waals surface area contributed by atoms with Crippen LogP contribution in [-0.4, -0.2) is 64.9 Å². The average molecular weight is 587 g/mol. The van der Waals surface area contributed by atoms with Gasteiger partial charge in [0.1, 0.15) is 11.9 Å². The van der Waals surface area contributed by atoms with Crippen molar-refractivity contribution in [3.63, 3.8) is 0 Å². The van der Waals surface area contributed by atoms with Crippen LogP contribution in [0.3, 0.4) is 0 Å². The summed E-state index contributed by atoms with van der Waals surface area (Å²) in [4.78, 5) is 34.5. The standard InChI is InChI=1S/C23H22BrF3N4O4S/c1-35-22(34)18-16(10-31-11-23(26,27)9-13(31)3-5-17(32)33)29-20(21-28-6-7-36-21)30-19(18)14-4-2-12(25)8-15(14)24/h2,4,6-8,13,19H,3,5,9-11H2,1H3,(H,29,30)(H,32,33). The molecule has 192 valence electrons. The molecule has 0 aliphatic carbocycles. The number of carboxylic acid groups (broad SMARTS) is 1. The van der Waals surface area contributed by atoms with E-state index >= 15 is 0 Å². The lowest BCUT2D eigenvalue weighted by atomic mass is 9.95. The molecule has 13 heteroatoms. The largest absolute Gasteiger partial charge is 0.481 e. The smallest absolute Gasteiger partial charge is 0.338 e. The number of rotatable bonds is 8. The molecule has 1 aromatic heterocycles. The van der Waals surface area contributed by atoms with Crippen LogP contribution in [0.1, 0.15) is 35.9 Å². The van der Waals surface area contributed by atoms with E-state index in [-0.39, 0.29) is 30.7 Å². The van der Waals surface area contributed by atoms with E-state index in [9.17, 15) is 22.8 Å². The van der Waals surface area contributed by atoms with Gasteiger partial charge in [0.05, 0.1) is 19.2 Å². The lowest BCUT2D eigenvalue weighted by Gasteiger charge is -2.31. The third-order valence-electron chi connectivity index (χ3n) is 5.96. The van der Waals surface area contributed by atoms with Gasteiger partial charge in [0.15, 0.2) is 10.8 Å². The van der Waals surface area contributed by atoms with Gasteiger partial charge < -0.3 is 15.2 Å². The van der Waals surface area contributed by atoms with Crippen molar-refractivity contribution in [1.29, 1.82) is 0 Å². The molecular formula is C23H22BrF3N4O4S. The zero-order chi connectivity index (χ0) is 26.0. The van der Waals surface area contributed by atoms with Crippen molar-refractivity contribution in [3.05, 3.63) is 61.9 Å². The van der Waals surface area contributed by atoms with E-state index in [1.807, 2.05) is 0 Å². The summed E-state index contributed by atoms with van der Waals surface area (Å²) in [5.41, 5.74) is 0.831. The second-order valence-corrected chi connectivity index (χ2v) is 10.2. The van der Waals surface area contributed by atoms with Gasteiger partial charge in [-0.05, 0) is 24.1 Å². The molecule has 0 radical (unpaired) electrons.